The monoisotopic (exact) mass is 385 g/mol. The number of primary amides is 1. The van der Waals surface area contributed by atoms with Gasteiger partial charge in [-0.05, 0) is 43.9 Å². The molecule has 0 spiro atoms. The Morgan fingerprint density at radius 3 is 2.60 bits per heavy atom. The van der Waals surface area contributed by atoms with Gasteiger partial charge in [0.15, 0.2) is 0 Å². The zero-order valence-corrected chi connectivity index (χ0v) is 15.1. The number of sulfonamides is 1. The molecule has 1 saturated heterocycles. The van der Waals surface area contributed by atoms with E-state index in [4.69, 9.17) is 17.3 Å². The lowest BCUT2D eigenvalue weighted by Gasteiger charge is -2.31. The highest BCUT2D eigenvalue weighted by Crippen LogP contribution is 2.28. The third-order valence-corrected chi connectivity index (χ3v) is 6.48. The van der Waals surface area contributed by atoms with Crippen molar-refractivity contribution in [3.05, 3.63) is 28.8 Å². The molecule has 1 aliphatic carbocycles. The number of hydrogen-bond acceptors (Lipinski definition) is 4. The van der Waals surface area contributed by atoms with Crippen LogP contribution in [0, 0.1) is 5.92 Å². The summed E-state index contributed by atoms with van der Waals surface area (Å²) in [5.41, 5.74) is 5.57. The number of carbonyl (C=O) groups is 2. The topological polar surface area (TPSA) is 110 Å². The fourth-order valence-electron chi connectivity index (χ4n) is 2.90. The van der Waals surface area contributed by atoms with E-state index in [0.29, 0.717) is 19.4 Å². The number of benzene rings is 1. The fourth-order valence-corrected chi connectivity index (χ4v) is 4.73. The first kappa shape index (κ1) is 18.2. The second-order valence-corrected chi connectivity index (χ2v) is 8.62. The standard InChI is InChI=1S/C16H20ClN3O4S/c17-13-6-3-10(8-14(13)25(23,24)19-12-4-5-12)16(22)20-7-1-2-11(9-20)15(18)21/h3,6,8,11-12,19H,1-2,4-5,7,9H2,(H2,18,21)/t11-/m0/s1. The fraction of sp³-hybridized carbons (Fsp3) is 0.500. The summed E-state index contributed by atoms with van der Waals surface area (Å²) in [6.45, 7) is 0.757. The van der Waals surface area contributed by atoms with Gasteiger partial charge in [0.05, 0.1) is 10.9 Å². The molecule has 3 rings (SSSR count). The smallest absolute Gasteiger partial charge is 0.253 e. The highest BCUT2D eigenvalue weighted by Gasteiger charge is 2.31. The number of nitrogens with zero attached hydrogens (tertiary/aromatic N) is 1. The second-order valence-electron chi connectivity index (χ2n) is 6.53. The Kier molecular flexibility index (Phi) is 5.04. The van der Waals surface area contributed by atoms with Gasteiger partial charge in [-0.1, -0.05) is 11.6 Å². The largest absolute Gasteiger partial charge is 0.369 e. The van der Waals surface area contributed by atoms with Crippen LogP contribution in [-0.4, -0.2) is 44.3 Å². The molecule has 1 aromatic rings. The van der Waals surface area contributed by atoms with E-state index in [1.807, 2.05) is 0 Å². The van der Waals surface area contributed by atoms with Crippen LogP contribution in [0.1, 0.15) is 36.0 Å². The zero-order valence-electron chi connectivity index (χ0n) is 13.6. The van der Waals surface area contributed by atoms with Crippen molar-refractivity contribution >= 4 is 33.4 Å². The van der Waals surface area contributed by atoms with Gasteiger partial charge in [-0.25, -0.2) is 13.1 Å². The second kappa shape index (κ2) is 6.93. The number of hydrogen-bond donors (Lipinski definition) is 2. The van der Waals surface area contributed by atoms with Crippen LogP contribution < -0.4 is 10.5 Å². The van der Waals surface area contributed by atoms with Crippen LogP contribution in [0.4, 0.5) is 0 Å². The normalized spacial score (nSPS) is 21.2. The summed E-state index contributed by atoms with van der Waals surface area (Å²) in [5, 5.41) is 0.0679. The summed E-state index contributed by atoms with van der Waals surface area (Å²) in [6, 6.07) is 4.14. The number of carbonyl (C=O) groups excluding carboxylic acids is 2. The van der Waals surface area contributed by atoms with Crippen molar-refractivity contribution in [3.8, 4) is 0 Å². The molecule has 0 aromatic heterocycles. The molecule has 0 unspecified atom stereocenters. The van der Waals surface area contributed by atoms with Gasteiger partial charge < -0.3 is 10.6 Å². The molecule has 1 saturated carbocycles. The van der Waals surface area contributed by atoms with E-state index < -0.39 is 15.9 Å². The van der Waals surface area contributed by atoms with Gasteiger partial charge in [0.1, 0.15) is 4.90 Å². The summed E-state index contributed by atoms with van der Waals surface area (Å²) < 4.78 is 27.4. The quantitative estimate of drug-likeness (QED) is 0.791. The molecule has 2 fully saturated rings. The van der Waals surface area contributed by atoms with Crippen LogP contribution >= 0.6 is 11.6 Å². The van der Waals surface area contributed by atoms with E-state index in [9.17, 15) is 18.0 Å². The van der Waals surface area contributed by atoms with Crippen LogP contribution in [0.25, 0.3) is 0 Å². The van der Waals surface area contributed by atoms with Gasteiger partial charge in [-0.15, -0.1) is 0 Å². The minimum Gasteiger partial charge on any atom is -0.369 e. The van der Waals surface area contributed by atoms with Gasteiger partial charge in [-0.3, -0.25) is 9.59 Å². The van der Waals surface area contributed by atoms with Crippen LogP contribution in [0.15, 0.2) is 23.1 Å². The Hall–Kier alpha value is -1.64. The van der Waals surface area contributed by atoms with Crippen molar-refractivity contribution in [3.63, 3.8) is 0 Å². The molecule has 2 amide bonds. The van der Waals surface area contributed by atoms with E-state index in [2.05, 4.69) is 4.72 Å². The molecule has 1 atom stereocenters. The van der Waals surface area contributed by atoms with Crippen LogP contribution in [0.3, 0.4) is 0 Å². The first-order valence-electron chi connectivity index (χ1n) is 8.18. The Balaban J connectivity index is 1.83. The van der Waals surface area contributed by atoms with Crippen molar-refractivity contribution in [1.29, 1.82) is 0 Å². The minimum absolute atomic E-state index is 0.0566. The molecule has 1 heterocycles. The number of nitrogens with two attached hydrogens (primary N) is 1. The molecule has 1 aliphatic heterocycles. The first-order valence-corrected chi connectivity index (χ1v) is 10.0. The lowest BCUT2D eigenvalue weighted by molar-refractivity contribution is -0.123. The Morgan fingerprint density at radius 2 is 1.96 bits per heavy atom. The molecule has 3 N–H and O–H groups in total. The Morgan fingerprint density at radius 1 is 1.24 bits per heavy atom. The molecular formula is C16H20ClN3O4S. The molecule has 7 nitrogen and oxygen atoms in total. The van der Waals surface area contributed by atoms with E-state index in [-0.39, 0.29) is 39.9 Å². The maximum Gasteiger partial charge on any atom is 0.253 e. The molecule has 1 aromatic carbocycles. The number of piperidine rings is 1. The molecule has 136 valence electrons. The highest BCUT2D eigenvalue weighted by molar-refractivity contribution is 7.89. The lowest BCUT2D eigenvalue weighted by Crippen LogP contribution is -2.44. The van der Waals surface area contributed by atoms with Gasteiger partial charge in [0, 0.05) is 24.7 Å². The third kappa shape index (κ3) is 4.13. The summed E-state index contributed by atoms with van der Waals surface area (Å²) in [6.07, 6.45) is 2.95. The predicted octanol–water partition coefficient (Wildman–Crippen LogP) is 1.12. The van der Waals surface area contributed by atoms with E-state index in [1.54, 1.807) is 0 Å². The molecule has 9 heteroatoms. The summed E-state index contributed by atoms with van der Waals surface area (Å²) in [7, 11) is -3.77. The van der Waals surface area contributed by atoms with Crippen molar-refractivity contribution in [2.75, 3.05) is 13.1 Å². The summed E-state index contributed by atoms with van der Waals surface area (Å²) in [4.78, 5) is 25.5. The summed E-state index contributed by atoms with van der Waals surface area (Å²) in [5.74, 6) is -1.12. The Labute approximate surface area is 151 Å². The van der Waals surface area contributed by atoms with E-state index >= 15 is 0 Å². The number of halogens is 1. The molecular weight excluding hydrogens is 366 g/mol. The molecule has 0 radical (unpaired) electrons. The van der Waals surface area contributed by atoms with Crippen LogP contribution in [0.2, 0.25) is 5.02 Å². The maximum absolute atomic E-state index is 12.7. The number of nitrogens with one attached hydrogen (secondary N) is 1. The lowest BCUT2D eigenvalue weighted by atomic mass is 9.97. The Bertz CT molecular complexity index is 808. The average Bonchev–Trinajstić information content (AvgIpc) is 3.37. The molecule has 25 heavy (non-hydrogen) atoms. The highest BCUT2D eigenvalue weighted by atomic mass is 35.5. The van der Waals surface area contributed by atoms with E-state index in [1.165, 1.54) is 23.1 Å². The van der Waals surface area contributed by atoms with Gasteiger partial charge in [0.25, 0.3) is 5.91 Å². The third-order valence-electron chi connectivity index (χ3n) is 4.48. The molecule has 2 aliphatic rings. The van der Waals surface area contributed by atoms with Crippen molar-refractivity contribution in [2.45, 2.75) is 36.6 Å². The van der Waals surface area contributed by atoms with Crippen molar-refractivity contribution in [2.24, 2.45) is 11.7 Å². The number of likely N-dealkylation sites (tertiary alicyclic amines) is 1. The van der Waals surface area contributed by atoms with Crippen LogP contribution in [-0.2, 0) is 14.8 Å². The van der Waals surface area contributed by atoms with Gasteiger partial charge in [-0.2, -0.15) is 0 Å². The molecule has 0 bridgehead atoms. The zero-order chi connectivity index (χ0) is 18.2. The van der Waals surface area contributed by atoms with E-state index in [0.717, 1.165) is 12.8 Å². The van der Waals surface area contributed by atoms with Crippen molar-refractivity contribution in [1.82, 2.24) is 9.62 Å². The number of rotatable bonds is 5. The summed E-state index contributed by atoms with van der Waals surface area (Å²) >= 11 is 6.03. The van der Waals surface area contributed by atoms with Gasteiger partial charge >= 0.3 is 0 Å². The number of amides is 2. The van der Waals surface area contributed by atoms with Gasteiger partial charge in [0.2, 0.25) is 15.9 Å². The van der Waals surface area contributed by atoms with Crippen LogP contribution in [0.5, 0.6) is 0 Å². The average molecular weight is 386 g/mol. The maximum atomic E-state index is 12.7. The predicted molar refractivity (Wildman–Crippen MR) is 92.6 cm³/mol. The van der Waals surface area contributed by atoms with Crippen molar-refractivity contribution < 1.29 is 18.0 Å². The first-order chi connectivity index (χ1) is 11.8. The SMILES string of the molecule is NC(=O)[C@H]1CCCN(C(=O)c2ccc(Cl)c(S(=O)(=O)NC3CC3)c2)C1. The minimum atomic E-state index is -3.77.